The van der Waals surface area contributed by atoms with E-state index in [2.05, 4.69) is 6.92 Å². The highest BCUT2D eigenvalue weighted by Crippen LogP contribution is 2.16. The van der Waals surface area contributed by atoms with Crippen molar-refractivity contribution < 1.29 is 9.53 Å². The van der Waals surface area contributed by atoms with Crippen LogP contribution in [0.25, 0.3) is 0 Å². The Morgan fingerprint density at radius 1 is 1.25 bits per heavy atom. The van der Waals surface area contributed by atoms with Gasteiger partial charge in [-0.1, -0.05) is 26.2 Å². The van der Waals surface area contributed by atoms with Crippen LogP contribution in [0.2, 0.25) is 0 Å². The third-order valence-corrected chi connectivity index (χ3v) is 2.63. The van der Waals surface area contributed by atoms with Gasteiger partial charge < -0.3 is 4.74 Å². The van der Waals surface area contributed by atoms with E-state index in [4.69, 9.17) is 4.74 Å². The fourth-order valence-corrected chi connectivity index (χ4v) is 1.59. The van der Waals surface area contributed by atoms with Gasteiger partial charge in [0.15, 0.2) is 0 Å². The lowest BCUT2D eigenvalue weighted by molar-refractivity contribution is 0.112. The summed E-state index contributed by atoms with van der Waals surface area (Å²) in [6.45, 7) is 4.88. The van der Waals surface area contributed by atoms with Crippen LogP contribution in [0.3, 0.4) is 0 Å². The molecule has 0 saturated heterocycles. The van der Waals surface area contributed by atoms with E-state index in [-0.39, 0.29) is 0 Å². The highest BCUT2D eigenvalue weighted by Gasteiger charge is 1.99. The maximum Gasteiger partial charge on any atom is 0.150 e. The zero-order valence-electron chi connectivity index (χ0n) is 10.2. The van der Waals surface area contributed by atoms with Crippen molar-refractivity contribution in [3.8, 4) is 5.75 Å². The summed E-state index contributed by atoms with van der Waals surface area (Å²) in [6, 6.07) is 5.59. The molecule has 0 aliphatic rings. The van der Waals surface area contributed by atoms with Gasteiger partial charge in [-0.25, -0.2) is 0 Å². The molecule has 2 heteroatoms. The minimum absolute atomic E-state index is 0.735. The molecule has 1 aromatic rings. The molecule has 1 rings (SSSR count). The molecule has 0 spiro atoms. The Morgan fingerprint density at radius 2 is 2.06 bits per heavy atom. The summed E-state index contributed by atoms with van der Waals surface area (Å²) in [5.41, 5.74) is 1.71. The number of aryl methyl sites for hydroxylation is 1. The van der Waals surface area contributed by atoms with E-state index < -0.39 is 0 Å². The Balaban J connectivity index is 2.37. The maximum atomic E-state index is 10.6. The Labute approximate surface area is 97.6 Å². The molecule has 0 atom stereocenters. The Morgan fingerprint density at radius 3 is 2.69 bits per heavy atom. The van der Waals surface area contributed by atoms with Crippen molar-refractivity contribution >= 4 is 6.29 Å². The van der Waals surface area contributed by atoms with Crippen molar-refractivity contribution in [2.45, 2.75) is 39.5 Å². The minimum atomic E-state index is 0.735. The third kappa shape index (κ3) is 4.05. The van der Waals surface area contributed by atoms with Crippen molar-refractivity contribution in [2.24, 2.45) is 0 Å². The van der Waals surface area contributed by atoms with Gasteiger partial charge in [-0.05, 0) is 37.1 Å². The number of aldehydes is 1. The van der Waals surface area contributed by atoms with Gasteiger partial charge in [0.25, 0.3) is 0 Å². The first kappa shape index (κ1) is 12.8. The quantitative estimate of drug-likeness (QED) is 0.516. The summed E-state index contributed by atoms with van der Waals surface area (Å²) in [6.07, 6.45) is 5.71. The maximum absolute atomic E-state index is 10.6. The second kappa shape index (κ2) is 7.04. The van der Waals surface area contributed by atoms with E-state index >= 15 is 0 Å². The molecule has 0 amide bonds. The minimum Gasteiger partial charge on any atom is -0.494 e. The van der Waals surface area contributed by atoms with Crippen molar-refractivity contribution in [3.63, 3.8) is 0 Å². The summed E-state index contributed by atoms with van der Waals surface area (Å²) in [5, 5.41) is 0. The summed E-state index contributed by atoms with van der Waals surface area (Å²) in [5.74, 6) is 0.861. The van der Waals surface area contributed by atoms with Gasteiger partial charge in [0, 0.05) is 5.56 Å². The second-order valence-electron chi connectivity index (χ2n) is 4.05. The van der Waals surface area contributed by atoms with Crippen LogP contribution in [0.4, 0.5) is 0 Å². The molecular weight excluding hydrogens is 200 g/mol. The summed E-state index contributed by atoms with van der Waals surface area (Å²) in [7, 11) is 0. The van der Waals surface area contributed by atoms with Crippen LogP contribution >= 0.6 is 0 Å². The molecule has 0 aliphatic carbocycles. The normalized spacial score (nSPS) is 10.1. The van der Waals surface area contributed by atoms with E-state index in [1.165, 1.54) is 19.3 Å². The van der Waals surface area contributed by atoms with Gasteiger partial charge in [0.1, 0.15) is 12.0 Å². The lowest BCUT2D eigenvalue weighted by Gasteiger charge is -2.07. The molecule has 0 heterocycles. The lowest BCUT2D eigenvalue weighted by Crippen LogP contribution is -1.98. The van der Waals surface area contributed by atoms with Crippen LogP contribution in [0, 0.1) is 6.92 Å². The van der Waals surface area contributed by atoms with Gasteiger partial charge in [-0.3, -0.25) is 4.79 Å². The van der Waals surface area contributed by atoms with E-state index in [1.54, 1.807) is 0 Å². The highest BCUT2D eigenvalue weighted by atomic mass is 16.5. The fraction of sp³-hybridized carbons (Fsp3) is 0.500. The third-order valence-electron chi connectivity index (χ3n) is 2.63. The monoisotopic (exact) mass is 220 g/mol. The van der Waals surface area contributed by atoms with E-state index in [9.17, 15) is 4.79 Å². The Hall–Kier alpha value is -1.31. The molecule has 0 bridgehead atoms. The van der Waals surface area contributed by atoms with E-state index in [0.717, 1.165) is 36.2 Å². The first-order valence-electron chi connectivity index (χ1n) is 5.96. The predicted octanol–water partition coefficient (Wildman–Crippen LogP) is 3.77. The molecule has 88 valence electrons. The first-order chi connectivity index (χ1) is 7.77. The smallest absolute Gasteiger partial charge is 0.150 e. The number of rotatable bonds is 7. The lowest BCUT2D eigenvalue weighted by atomic mass is 10.1. The molecule has 0 unspecified atom stereocenters. The molecule has 1 aromatic carbocycles. The summed E-state index contributed by atoms with van der Waals surface area (Å²) in [4.78, 5) is 10.6. The van der Waals surface area contributed by atoms with Gasteiger partial charge in [-0.2, -0.15) is 0 Å². The molecule has 2 nitrogen and oxygen atoms in total. The van der Waals surface area contributed by atoms with Gasteiger partial charge in [-0.15, -0.1) is 0 Å². The average Bonchev–Trinajstić information content (AvgIpc) is 2.29. The number of unbranched alkanes of at least 4 members (excludes halogenated alkanes) is 3. The topological polar surface area (TPSA) is 26.3 Å². The Bertz CT molecular complexity index is 332. The molecule has 0 saturated carbocycles. The van der Waals surface area contributed by atoms with Crippen molar-refractivity contribution in [1.82, 2.24) is 0 Å². The number of benzene rings is 1. The summed E-state index contributed by atoms with van der Waals surface area (Å²) >= 11 is 0. The van der Waals surface area contributed by atoms with Gasteiger partial charge in [0.2, 0.25) is 0 Å². The second-order valence-corrected chi connectivity index (χ2v) is 4.05. The highest BCUT2D eigenvalue weighted by molar-refractivity contribution is 5.77. The van der Waals surface area contributed by atoms with Crippen LogP contribution < -0.4 is 4.74 Å². The van der Waals surface area contributed by atoms with Crippen molar-refractivity contribution in [3.05, 3.63) is 29.3 Å². The average molecular weight is 220 g/mol. The van der Waals surface area contributed by atoms with Crippen LogP contribution in [0.5, 0.6) is 5.75 Å². The van der Waals surface area contributed by atoms with Crippen LogP contribution in [0.1, 0.15) is 48.5 Å². The number of carbonyl (C=O) groups is 1. The first-order valence-corrected chi connectivity index (χ1v) is 5.96. The summed E-state index contributed by atoms with van der Waals surface area (Å²) < 4.78 is 5.62. The van der Waals surface area contributed by atoms with E-state index in [1.807, 2.05) is 25.1 Å². The molecular formula is C14H20O2. The number of hydrogen-bond donors (Lipinski definition) is 0. The molecule has 0 radical (unpaired) electrons. The van der Waals surface area contributed by atoms with Gasteiger partial charge >= 0.3 is 0 Å². The van der Waals surface area contributed by atoms with Gasteiger partial charge in [0.05, 0.1) is 6.61 Å². The van der Waals surface area contributed by atoms with Crippen LogP contribution in [-0.2, 0) is 0 Å². The number of hydrogen-bond acceptors (Lipinski definition) is 2. The molecule has 16 heavy (non-hydrogen) atoms. The van der Waals surface area contributed by atoms with Crippen LogP contribution in [-0.4, -0.2) is 12.9 Å². The van der Waals surface area contributed by atoms with Crippen molar-refractivity contribution in [2.75, 3.05) is 6.61 Å². The largest absolute Gasteiger partial charge is 0.494 e. The molecule has 0 fully saturated rings. The molecule has 0 N–H and O–H groups in total. The SMILES string of the molecule is CCCCCCOc1ccc(C=O)c(C)c1. The Kier molecular flexibility index (Phi) is 5.62. The zero-order chi connectivity index (χ0) is 11.8. The molecule has 0 aromatic heterocycles. The number of carbonyl (C=O) groups excluding carboxylic acids is 1. The fourth-order valence-electron chi connectivity index (χ4n) is 1.59. The van der Waals surface area contributed by atoms with E-state index in [0.29, 0.717) is 0 Å². The van der Waals surface area contributed by atoms with Crippen LogP contribution in [0.15, 0.2) is 18.2 Å². The number of ether oxygens (including phenoxy) is 1. The predicted molar refractivity (Wildman–Crippen MR) is 66.2 cm³/mol. The zero-order valence-corrected chi connectivity index (χ0v) is 10.2. The van der Waals surface area contributed by atoms with Crippen molar-refractivity contribution in [1.29, 1.82) is 0 Å². The molecule has 0 aliphatic heterocycles. The standard InChI is InChI=1S/C14H20O2/c1-3-4-5-6-9-16-14-8-7-13(11-15)12(2)10-14/h7-8,10-11H,3-6,9H2,1-2H3.